The summed E-state index contributed by atoms with van der Waals surface area (Å²) in [5, 5.41) is 0. The van der Waals surface area contributed by atoms with Crippen LogP contribution in [0.15, 0.2) is 12.2 Å². The Kier molecular flexibility index (Phi) is 6.13. The maximum Gasteiger partial charge on any atom is 0.409 e. The predicted octanol–water partition coefficient (Wildman–Crippen LogP) is 4.82. The summed E-state index contributed by atoms with van der Waals surface area (Å²) in [6.07, 6.45) is -3.75. The number of allylic oxidation sites excluding steroid dienone is 2. The van der Waals surface area contributed by atoms with Crippen molar-refractivity contribution in [3.63, 3.8) is 0 Å². The highest BCUT2D eigenvalue weighted by atomic mass is 19.4. The molecule has 0 spiro atoms. The Bertz CT molecular complexity index is 770. The van der Waals surface area contributed by atoms with Gasteiger partial charge < -0.3 is 9.47 Å². The van der Waals surface area contributed by atoms with Crippen LogP contribution in [0.25, 0.3) is 0 Å². The molecule has 1 saturated carbocycles. The standard InChI is InChI=1S/C18H17F7O3/c1-17(2)10(4-5-18(23,24)25)11(17)16(26)28-7-9-14(21)12(19)8(6-27-3)13(20)15(9)22/h4-5,10-11H,6-7H2,1-3H3/t10-,11-/m0/s1. The van der Waals surface area contributed by atoms with E-state index in [9.17, 15) is 35.5 Å². The molecule has 1 fully saturated rings. The van der Waals surface area contributed by atoms with Crippen molar-refractivity contribution in [2.24, 2.45) is 17.3 Å². The van der Waals surface area contributed by atoms with E-state index in [0.29, 0.717) is 0 Å². The van der Waals surface area contributed by atoms with Crippen LogP contribution < -0.4 is 0 Å². The van der Waals surface area contributed by atoms with Gasteiger partial charge in [0.2, 0.25) is 0 Å². The number of hydrogen-bond acceptors (Lipinski definition) is 3. The molecule has 0 unspecified atom stereocenters. The van der Waals surface area contributed by atoms with E-state index in [0.717, 1.165) is 13.2 Å². The Labute approximate surface area is 156 Å². The van der Waals surface area contributed by atoms with Crippen molar-refractivity contribution in [2.75, 3.05) is 7.11 Å². The van der Waals surface area contributed by atoms with Gasteiger partial charge in [0.25, 0.3) is 0 Å². The molecular weight excluding hydrogens is 397 g/mol. The first-order chi connectivity index (χ1) is 12.8. The number of halogens is 7. The van der Waals surface area contributed by atoms with Crippen LogP contribution in [0.2, 0.25) is 0 Å². The van der Waals surface area contributed by atoms with Gasteiger partial charge in [0, 0.05) is 13.2 Å². The Morgan fingerprint density at radius 3 is 1.89 bits per heavy atom. The van der Waals surface area contributed by atoms with Crippen molar-refractivity contribution < 1.29 is 45.0 Å². The molecule has 0 aromatic heterocycles. The topological polar surface area (TPSA) is 35.5 Å². The third kappa shape index (κ3) is 4.31. The van der Waals surface area contributed by atoms with Crippen LogP contribution in [-0.2, 0) is 27.5 Å². The van der Waals surface area contributed by atoms with Crippen LogP contribution in [0.5, 0.6) is 0 Å². The second-order valence-electron chi connectivity index (χ2n) is 6.98. The number of esters is 1. The van der Waals surface area contributed by atoms with E-state index in [2.05, 4.69) is 4.74 Å². The molecule has 1 aromatic carbocycles. The molecule has 10 heteroatoms. The minimum atomic E-state index is -4.56. The lowest BCUT2D eigenvalue weighted by molar-refractivity contribution is -0.147. The highest BCUT2D eigenvalue weighted by molar-refractivity contribution is 5.78. The van der Waals surface area contributed by atoms with Gasteiger partial charge in [-0.1, -0.05) is 19.9 Å². The van der Waals surface area contributed by atoms with E-state index in [1.807, 2.05) is 0 Å². The van der Waals surface area contributed by atoms with Gasteiger partial charge in [-0.2, -0.15) is 13.2 Å². The van der Waals surface area contributed by atoms with Crippen molar-refractivity contribution in [2.45, 2.75) is 33.2 Å². The van der Waals surface area contributed by atoms with Crippen LogP contribution in [0.1, 0.15) is 25.0 Å². The maximum absolute atomic E-state index is 14.0. The molecule has 156 valence electrons. The van der Waals surface area contributed by atoms with E-state index >= 15 is 0 Å². The number of alkyl halides is 3. The SMILES string of the molecule is COCc1c(F)c(F)c(COC(=O)[C@@H]2[C@H](C=CC(F)(F)F)C2(C)C)c(F)c1F. The quantitative estimate of drug-likeness (QED) is 0.290. The number of methoxy groups -OCH3 is 1. The molecule has 0 heterocycles. The van der Waals surface area contributed by atoms with Gasteiger partial charge in [-0.25, -0.2) is 17.6 Å². The van der Waals surface area contributed by atoms with Crippen molar-refractivity contribution in [3.8, 4) is 0 Å². The third-order valence-corrected chi connectivity index (χ3v) is 4.75. The van der Waals surface area contributed by atoms with Crippen molar-refractivity contribution in [1.29, 1.82) is 0 Å². The largest absolute Gasteiger partial charge is 0.460 e. The summed E-state index contributed by atoms with van der Waals surface area (Å²) in [5.74, 6) is -9.63. The fraction of sp³-hybridized carbons (Fsp3) is 0.500. The molecule has 0 radical (unpaired) electrons. The zero-order chi connectivity index (χ0) is 21.4. The smallest absolute Gasteiger partial charge is 0.409 e. The van der Waals surface area contributed by atoms with E-state index in [4.69, 9.17) is 4.74 Å². The zero-order valence-corrected chi connectivity index (χ0v) is 15.1. The summed E-state index contributed by atoms with van der Waals surface area (Å²) < 4.78 is 102. The number of rotatable bonds is 6. The summed E-state index contributed by atoms with van der Waals surface area (Å²) in [6.45, 7) is 1.21. The second kappa shape index (κ2) is 7.73. The Balaban J connectivity index is 2.15. The van der Waals surface area contributed by atoms with Crippen LogP contribution in [0, 0.1) is 40.5 Å². The average Bonchev–Trinajstić information content (AvgIpc) is 3.15. The van der Waals surface area contributed by atoms with Crippen LogP contribution in [0.3, 0.4) is 0 Å². The Morgan fingerprint density at radius 1 is 1.00 bits per heavy atom. The first kappa shape index (κ1) is 22.2. The molecule has 28 heavy (non-hydrogen) atoms. The van der Waals surface area contributed by atoms with Crippen molar-refractivity contribution in [3.05, 3.63) is 46.5 Å². The van der Waals surface area contributed by atoms with Crippen molar-refractivity contribution >= 4 is 5.97 Å². The molecule has 0 N–H and O–H groups in total. The molecule has 2 rings (SSSR count). The van der Waals surface area contributed by atoms with Crippen LogP contribution >= 0.6 is 0 Å². The lowest BCUT2D eigenvalue weighted by Crippen LogP contribution is -2.15. The molecular formula is C18H17F7O3. The zero-order valence-electron chi connectivity index (χ0n) is 15.1. The monoisotopic (exact) mass is 414 g/mol. The summed E-state index contributed by atoms with van der Waals surface area (Å²) in [4.78, 5) is 12.1. The Hall–Kier alpha value is -2.10. The van der Waals surface area contributed by atoms with E-state index in [1.54, 1.807) is 0 Å². The van der Waals surface area contributed by atoms with Gasteiger partial charge in [0.15, 0.2) is 23.3 Å². The molecule has 3 nitrogen and oxygen atoms in total. The van der Waals surface area contributed by atoms with Crippen LogP contribution in [-0.4, -0.2) is 19.3 Å². The van der Waals surface area contributed by atoms with Crippen molar-refractivity contribution in [1.82, 2.24) is 0 Å². The average molecular weight is 414 g/mol. The van der Waals surface area contributed by atoms with Gasteiger partial charge in [-0.05, 0) is 11.3 Å². The van der Waals surface area contributed by atoms with Gasteiger partial charge in [0.05, 0.1) is 23.7 Å². The lowest BCUT2D eigenvalue weighted by atomic mass is 10.1. The normalized spacial score (nSPS) is 21.2. The fourth-order valence-electron chi connectivity index (χ4n) is 3.05. The number of carbonyl (C=O) groups excluding carboxylic acids is 1. The maximum atomic E-state index is 14.0. The fourth-order valence-corrected chi connectivity index (χ4v) is 3.05. The lowest BCUT2D eigenvalue weighted by Gasteiger charge is -2.12. The van der Waals surface area contributed by atoms with Crippen LogP contribution in [0.4, 0.5) is 30.7 Å². The van der Waals surface area contributed by atoms with Gasteiger partial charge in [0.1, 0.15) is 6.61 Å². The number of hydrogen-bond donors (Lipinski definition) is 0. The summed E-state index contributed by atoms with van der Waals surface area (Å²) >= 11 is 0. The summed E-state index contributed by atoms with van der Waals surface area (Å²) in [6, 6.07) is 0. The number of carbonyl (C=O) groups is 1. The molecule has 0 aliphatic heterocycles. The number of benzene rings is 1. The highest BCUT2D eigenvalue weighted by Gasteiger charge is 2.61. The molecule has 0 bridgehead atoms. The molecule has 0 saturated heterocycles. The van der Waals surface area contributed by atoms with Gasteiger partial charge in [-0.3, -0.25) is 4.79 Å². The third-order valence-electron chi connectivity index (χ3n) is 4.75. The van der Waals surface area contributed by atoms with E-state index < -0.39 is 77.0 Å². The number of ether oxygens (including phenoxy) is 2. The molecule has 1 aliphatic rings. The summed E-state index contributed by atoms with van der Waals surface area (Å²) in [7, 11) is 1.07. The first-order valence-corrected chi connectivity index (χ1v) is 8.08. The van der Waals surface area contributed by atoms with E-state index in [1.165, 1.54) is 13.8 Å². The summed E-state index contributed by atoms with van der Waals surface area (Å²) in [5.41, 5.74) is -2.95. The van der Waals surface area contributed by atoms with Gasteiger partial charge >= 0.3 is 12.1 Å². The highest BCUT2D eigenvalue weighted by Crippen LogP contribution is 2.59. The van der Waals surface area contributed by atoms with E-state index in [-0.39, 0.29) is 6.08 Å². The molecule has 1 aliphatic carbocycles. The molecule has 2 atom stereocenters. The minimum Gasteiger partial charge on any atom is -0.460 e. The Morgan fingerprint density at radius 2 is 1.46 bits per heavy atom. The minimum absolute atomic E-state index is 0.00862. The molecule has 0 amide bonds. The predicted molar refractivity (Wildman–Crippen MR) is 82.7 cm³/mol. The van der Waals surface area contributed by atoms with Gasteiger partial charge in [-0.15, -0.1) is 0 Å². The second-order valence-corrected chi connectivity index (χ2v) is 6.98. The molecule has 1 aromatic rings. The first-order valence-electron chi connectivity index (χ1n) is 8.08.